The van der Waals surface area contributed by atoms with E-state index < -0.39 is 34.5 Å². The van der Waals surface area contributed by atoms with Gasteiger partial charge in [0.1, 0.15) is 11.6 Å². The maximum atomic E-state index is 13.8. The van der Waals surface area contributed by atoms with Crippen molar-refractivity contribution in [2.75, 3.05) is 11.9 Å². The Morgan fingerprint density at radius 1 is 1.24 bits per heavy atom. The predicted octanol–water partition coefficient (Wildman–Crippen LogP) is 4.67. The van der Waals surface area contributed by atoms with E-state index in [4.69, 9.17) is 4.74 Å². The minimum atomic E-state index is -0.722. The van der Waals surface area contributed by atoms with Gasteiger partial charge in [0.15, 0.2) is 6.61 Å². The molecule has 1 aromatic heterocycles. The quantitative estimate of drug-likeness (QED) is 0.187. The van der Waals surface area contributed by atoms with Gasteiger partial charge < -0.3 is 10.1 Å². The Labute approximate surface area is 217 Å². The summed E-state index contributed by atoms with van der Waals surface area (Å²) in [6.07, 6.45) is 1.62. The molecule has 0 bridgehead atoms. The van der Waals surface area contributed by atoms with Crippen molar-refractivity contribution in [1.29, 1.82) is 0 Å². The third-order valence-corrected chi connectivity index (χ3v) is 5.71. The lowest BCUT2D eigenvalue weighted by Gasteiger charge is -2.11. The zero-order chi connectivity index (χ0) is 26.5. The molecule has 0 radical (unpaired) electrons. The molecule has 1 amide bonds. The van der Waals surface area contributed by atoms with Gasteiger partial charge in [0.2, 0.25) is 5.75 Å². The molecule has 12 heteroatoms. The van der Waals surface area contributed by atoms with Crippen LogP contribution >= 0.6 is 15.9 Å². The number of rotatable bonds is 8. The largest absolute Gasteiger partial charge is 0.476 e. The summed E-state index contributed by atoms with van der Waals surface area (Å²) in [6.45, 7) is 1.18. The van der Waals surface area contributed by atoms with Crippen molar-refractivity contribution in [3.8, 4) is 5.75 Å². The second kappa shape index (κ2) is 11.1. The molecule has 4 aromatic rings. The number of halogens is 2. The molecule has 0 atom stereocenters. The first-order valence-corrected chi connectivity index (χ1v) is 11.8. The van der Waals surface area contributed by atoms with Crippen LogP contribution in [-0.2, 0) is 11.2 Å². The molecule has 1 N–H and O–H groups in total. The summed E-state index contributed by atoms with van der Waals surface area (Å²) in [5.41, 5.74) is -0.224. The Hall–Kier alpha value is -4.45. The highest BCUT2D eigenvalue weighted by molar-refractivity contribution is 9.10. The highest BCUT2D eigenvalue weighted by Crippen LogP contribution is 2.30. The van der Waals surface area contributed by atoms with E-state index in [2.05, 4.69) is 31.3 Å². The molecule has 0 saturated heterocycles. The highest BCUT2D eigenvalue weighted by Gasteiger charge is 2.20. The maximum absolute atomic E-state index is 13.8. The summed E-state index contributed by atoms with van der Waals surface area (Å²) in [4.78, 5) is 40.9. The van der Waals surface area contributed by atoms with E-state index in [0.717, 1.165) is 4.68 Å². The summed E-state index contributed by atoms with van der Waals surface area (Å²) >= 11 is 3.34. The van der Waals surface area contributed by atoms with Gasteiger partial charge in [-0.3, -0.25) is 19.7 Å². The second-order valence-electron chi connectivity index (χ2n) is 7.67. The lowest BCUT2D eigenvalue weighted by molar-refractivity contribution is -0.385. The fraction of sp³-hybridized carbons (Fsp3) is 0.120. The smallest absolute Gasteiger partial charge is 0.311 e. The van der Waals surface area contributed by atoms with Gasteiger partial charge in [-0.15, -0.1) is 0 Å². The third-order valence-electron chi connectivity index (χ3n) is 5.22. The molecule has 3 aromatic carbocycles. The van der Waals surface area contributed by atoms with E-state index in [9.17, 15) is 24.1 Å². The van der Waals surface area contributed by atoms with Crippen LogP contribution in [0.4, 0.5) is 15.8 Å². The van der Waals surface area contributed by atoms with Crippen molar-refractivity contribution in [3.63, 3.8) is 0 Å². The Morgan fingerprint density at radius 3 is 2.76 bits per heavy atom. The number of hydrogen-bond acceptors (Lipinski definition) is 7. The number of para-hydroxylation sites is 2. The van der Waals surface area contributed by atoms with E-state index in [1.54, 1.807) is 24.3 Å². The van der Waals surface area contributed by atoms with Gasteiger partial charge in [-0.2, -0.15) is 9.78 Å². The highest BCUT2D eigenvalue weighted by atomic mass is 79.9. The fourth-order valence-electron chi connectivity index (χ4n) is 3.49. The molecule has 1 heterocycles. The zero-order valence-corrected chi connectivity index (χ0v) is 20.9. The Balaban J connectivity index is 1.67. The predicted molar refractivity (Wildman–Crippen MR) is 140 cm³/mol. The minimum Gasteiger partial charge on any atom is -0.476 e. The van der Waals surface area contributed by atoms with Gasteiger partial charge in [-0.05, 0) is 36.4 Å². The van der Waals surface area contributed by atoms with Gasteiger partial charge in [-0.1, -0.05) is 41.1 Å². The first-order valence-electron chi connectivity index (χ1n) is 11.0. The summed E-state index contributed by atoms with van der Waals surface area (Å²) in [7, 11) is 0. The number of hydrogen-bond donors (Lipinski definition) is 1. The lowest BCUT2D eigenvalue weighted by atomic mass is 10.2. The number of nitro benzene ring substituents is 1. The van der Waals surface area contributed by atoms with Crippen LogP contribution < -0.4 is 15.6 Å². The van der Waals surface area contributed by atoms with E-state index in [1.165, 1.54) is 42.6 Å². The Bertz CT molecular complexity index is 1600. The fourth-order valence-corrected chi connectivity index (χ4v) is 3.86. The molecule has 37 heavy (non-hydrogen) atoms. The normalized spacial score (nSPS) is 11.1. The van der Waals surface area contributed by atoms with Crippen molar-refractivity contribution in [2.24, 2.45) is 5.10 Å². The van der Waals surface area contributed by atoms with Crippen molar-refractivity contribution in [1.82, 2.24) is 9.66 Å². The number of nitrogens with zero attached hydrogens (tertiary/aromatic N) is 4. The summed E-state index contributed by atoms with van der Waals surface area (Å²) < 4.78 is 21.1. The van der Waals surface area contributed by atoms with Gasteiger partial charge in [0, 0.05) is 22.5 Å². The standard InChI is InChI=1S/C25H19BrFN5O5/c1-2-22-29-19-11-10-16(26)12-17(19)25(34)31(22)28-13-15-6-5-9-21(32(35)36)24(15)37-14-23(33)30-20-8-4-3-7-18(20)27/h3-13H,2,14H2,1H3,(H,30,33). The van der Waals surface area contributed by atoms with Crippen molar-refractivity contribution in [2.45, 2.75) is 13.3 Å². The molecule has 0 aliphatic carbocycles. The number of aromatic nitrogens is 2. The molecular formula is C25H19BrFN5O5. The zero-order valence-electron chi connectivity index (χ0n) is 19.4. The summed E-state index contributed by atoms with van der Waals surface area (Å²) in [5.74, 6) is -1.21. The molecule has 4 rings (SSSR count). The van der Waals surface area contributed by atoms with Crippen LogP contribution in [0.15, 0.2) is 75.0 Å². The first kappa shape index (κ1) is 25.6. The minimum absolute atomic E-state index is 0.0534. The molecule has 0 fully saturated rings. The number of nitro groups is 1. The molecule has 0 aliphatic rings. The van der Waals surface area contributed by atoms with Crippen LogP contribution in [0.1, 0.15) is 18.3 Å². The molecule has 0 spiro atoms. The van der Waals surface area contributed by atoms with E-state index >= 15 is 0 Å². The number of aryl methyl sites for hydroxylation is 1. The molecule has 0 unspecified atom stereocenters. The van der Waals surface area contributed by atoms with Crippen LogP contribution in [0.5, 0.6) is 5.75 Å². The number of ether oxygens (including phenoxy) is 1. The van der Waals surface area contributed by atoms with Crippen LogP contribution in [0.2, 0.25) is 0 Å². The second-order valence-corrected chi connectivity index (χ2v) is 8.59. The van der Waals surface area contributed by atoms with Crippen molar-refractivity contribution >= 4 is 50.3 Å². The van der Waals surface area contributed by atoms with Crippen molar-refractivity contribution < 1.29 is 18.8 Å². The number of fused-ring (bicyclic) bond motifs is 1. The Kier molecular flexibility index (Phi) is 7.68. The third kappa shape index (κ3) is 5.70. The molecular weight excluding hydrogens is 549 g/mol. The number of anilines is 1. The van der Waals surface area contributed by atoms with E-state index in [-0.39, 0.29) is 17.0 Å². The van der Waals surface area contributed by atoms with Crippen LogP contribution in [0.25, 0.3) is 10.9 Å². The maximum Gasteiger partial charge on any atom is 0.311 e. The van der Waals surface area contributed by atoms with Crippen LogP contribution in [0, 0.1) is 15.9 Å². The number of nitrogens with one attached hydrogen (secondary N) is 1. The van der Waals surface area contributed by atoms with Gasteiger partial charge in [0.25, 0.3) is 11.5 Å². The van der Waals surface area contributed by atoms with Crippen LogP contribution in [0.3, 0.4) is 0 Å². The van der Waals surface area contributed by atoms with Gasteiger partial charge >= 0.3 is 5.69 Å². The first-order chi connectivity index (χ1) is 17.8. The topological polar surface area (TPSA) is 129 Å². The van der Waals surface area contributed by atoms with Crippen molar-refractivity contribution in [3.05, 3.63) is 103 Å². The Morgan fingerprint density at radius 2 is 2.03 bits per heavy atom. The average Bonchev–Trinajstić information content (AvgIpc) is 2.88. The monoisotopic (exact) mass is 567 g/mol. The molecule has 0 saturated carbocycles. The number of carbonyl (C=O) groups is 1. The number of benzene rings is 3. The van der Waals surface area contributed by atoms with E-state index in [1.807, 2.05) is 6.92 Å². The summed E-state index contributed by atoms with van der Waals surface area (Å²) in [6, 6.07) is 14.8. The van der Waals surface area contributed by atoms with E-state index in [0.29, 0.717) is 27.6 Å². The SMILES string of the molecule is CCc1nc2ccc(Br)cc2c(=O)n1N=Cc1cccc([N+](=O)[O-])c1OCC(=O)Nc1ccccc1F. The van der Waals surface area contributed by atoms with Gasteiger partial charge in [0.05, 0.1) is 27.7 Å². The molecule has 10 nitrogen and oxygen atoms in total. The van der Waals surface area contributed by atoms with Gasteiger partial charge in [-0.25, -0.2) is 9.37 Å². The molecule has 0 aliphatic heterocycles. The molecule has 188 valence electrons. The average molecular weight is 568 g/mol. The number of carbonyl (C=O) groups excluding carboxylic acids is 1. The summed E-state index contributed by atoms with van der Waals surface area (Å²) in [5, 5.41) is 18.6. The lowest BCUT2D eigenvalue weighted by Crippen LogP contribution is -2.22. The van der Waals surface area contributed by atoms with Crippen LogP contribution in [-0.4, -0.2) is 33.3 Å². The number of amides is 1.